The third kappa shape index (κ3) is 2.44. The van der Waals surface area contributed by atoms with Gasteiger partial charge in [0, 0.05) is 18.4 Å². The van der Waals surface area contributed by atoms with Crippen LogP contribution < -0.4 is 10.3 Å². The van der Waals surface area contributed by atoms with Gasteiger partial charge in [0.25, 0.3) is 0 Å². The summed E-state index contributed by atoms with van der Waals surface area (Å²) in [4.78, 5) is 6.80. The van der Waals surface area contributed by atoms with Crippen LogP contribution >= 0.6 is 0 Å². The molecule has 0 N–H and O–H groups in total. The summed E-state index contributed by atoms with van der Waals surface area (Å²) in [5, 5.41) is 1.18. The van der Waals surface area contributed by atoms with E-state index >= 15 is 0 Å². The molecule has 0 amide bonds. The van der Waals surface area contributed by atoms with Gasteiger partial charge in [0.05, 0.1) is 5.52 Å². The van der Waals surface area contributed by atoms with Crippen molar-refractivity contribution < 1.29 is 0 Å². The summed E-state index contributed by atoms with van der Waals surface area (Å²) in [5.74, 6) is 2.27. The van der Waals surface area contributed by atoms with Gasteiger partial charge in [-0.15, -0.1) is 6.58 Å². The summed E-state index contributed by atoms with van der Waals surface area (Å²) in [7, 11) is 0. The molecule has 0 fully saturated rings. The molecular formula is C20H17BN2. The molecule has 1 aromatic heterocycles. The van der Waals surface area contributed by atoms with Crippen molar-refractivity contribution in [1.29, 1.82) is 0 Å². The number of fused-ring (bicyclic) bond motifs is 2. The Hall–Kier alpha value is -2.81. The number of hydrogen-bond donors (Lipinski definition) is 0. The standard InChI is InChI=1S/C20H17BN2/c1-2-14-23-20-8-4-3-6-16(20)11-12-21(23)18-9-10-19-17(15-18)7-5-13-22-19/h2-13,15H,1,14H2. The van der Waals surface area contributed by atoms with E-state index in [0.29, 0.717) is 0 Å². The average Bonchev–Trinajstić information content (AvgIpc) is 2.62. The molecule has 110 valence electrons. The highest BCUT2D eigenvalue weighted by molar-refractivity contribution is 6.82. The highest BCUT2D eigenvalue weighted by Crippen LogP contribution is 2.27. The van der Waals surface area contributed by atoms with E-state index < -0.39 is 0 Å². The second kappa shape index (κ2) is 5.77. The van der Waals surface area contributed by atoms with Gasteiger partial charge in [-0.3, -0.25) is 4.98 Å². The summed E-state index contributed by atoms with van der Waals surface area (Å²) >= 11 is 0. The Morgan fingerprint density at radius 1 is 1.09 bits per heavy atom. The molecular weight excluding hydrogens is 279 g/mol. The lowest BCUT2D eigenvalue weighted by Gasteiger charge is -2.33. The number of benzene rings is 2. The van der Waals surface area contributed by atoms with Crippen LogP contribution in [0.4, 0.5) is 5.69 Å². The van der Waals surface area contributed by atoms with Crippen LogP contribution in [-0.4, -0.2) is 18.4 Å². The zero-order chi connectivity index (χ0) is 15.6. The zero-order valence-corrected chi connectivity index (χ0v) is 12.9. The maximum atomic E-state index is 4.41. The Kier molecular flexibility index (Phi) is 3.47. The van der Waals surface area contributed by atoms with Crippen LogP contribution in [0.5, 0.6) is 0 Å². The molecule has 1 aliphatic heterocycles. The van der Waals surface area contributed by atoms with Crippen molar-refractivity contribution in [3.8, 4) is 0 Å². The lowest BCUT2D eigenvalue weighted by Crippen LogP contribution is -2.49. The van der Waals surface area contributed by atoms with Gasteiger partial charge in [-0.05, 0) is 29.1 Å². The highest BCUT2D eigenvalue weighted by atomic mass is 15.1. The highest BCUT2D eigenvalue weighted by Gasteiger charge is 2.27. The van der Waals surface area contributed by atoms with Crippen molar-refractivity contribution in [3.05, 3.63) is 85.0 Å². The Balaban J connectivity index is 1.81. The average molecular weight is 296 g/mol. The summed E-state index contributed by atoms with van der Waals surface area (Å²) in [6.07, 6.45) is 6.02. The molecule has 2 aromatic carbocycles. The Morgan fingerprint density at radius 2 is 2.00 bits per heavy atom. The minimum Gasteiger partial charge on any atom is -0.403 e. The van der Waals surface area contributed by atoms with E-state index in [1.165, 1.54) is 22.1 Å². The van der Waals surface area contributed by atoms with E-state index in [9.17, 15) is 0 Å². The third-order valence-electron chi connectivity index (χ3n) is 4.33. The fraction of sp³-hybridized carbons (Fsp3) is 0.0500. The largest absolute Gasteiger partial charge is 0.403 e. The number of anilines is 1. The molecule has 0 spiro atoms. The first-order valence-electron chi connectivity index (χ1n) is 7.86. The molecule has 1 aliphatic rings. The van der Waals surface area contributed by atoms with Crippen LogP contribution in [0.1, 0.15) is 5.56 Å². The maximum Gasteiger partial charge on any atom is 0.316 e. The van der Waals surface area contributed by atoms with Crippen molar-refractivity contribution in [3.63, 3.8) is 0 Å². The first-order valence-corrected chi connectivity index (χ1v) is 7.86. The minimum absolute atomic E-state index is 0.215. The summed E-state index contributed by atoms with van der Waals surface area (Å²) in [6.45, 7) is 4.96. The molecule has 0 atom stereocenters. The van der Waals surface area contributed by atoms with Gasteiger partial charge in [0.1, 0.15) is 0 Å². The number of aromatic nitrogens is 1. The fourth-order valence-electron chi connectivity index (χ4n) is 3.26. The predicted molar refractivity (Wildman–Crippen MR) is 100 cm³/mol. The van der Waals surface area contributed by atoms with Crippen LogP contribution in [-0.2, 0) is 0 Å². The van der Waals surface area contributed by atoms with Gasteiger partial charge in [0.15, 0.2) is 0 Å². The normalized spacial score (nSPS) is 13.2. The molecule has 2 nitrogen and oxygen atoms in total. The van der Waals surface area contributed by atoms with E-state index in [2.05, 4.69) is 77.0 Å². The lowest BCUT2D eigenvalue weighted by atomic mass is 9.52. The number of para-hydroxylation sites is 1. The molecule has 0 aliphatic carbocycles. The number of nitrogens with zero attached hydrogens (tertiary/aromatic N) is 2. The van der Waals surface area contributed by atoms with Crippen LogP contribution in [0, 0.1) is 0 Å². The second-order valence-corrected chi connectivity index (χ2v) is 5.76. The first kappa shape index (κ1) is 13.8. The molecule has 3 aromatic rings. The maximum absolute atomic E-state index is 4.41. The van der Waals surface area contributed by atoms with Crippen molar-refractivity contribution in [2.45, 2.75) is 0 Å². The molecule has 0 unspecified atom stereocenters. The monoisotopic (exact) mass is 296 g/mol. The summed E-state index contributed by atoms with van der Waals surface area (Å²) < 4.78 is 0. The van der Waals surface area contributed by atoms with Crippen molar-refractivity contribution in [1.82, 2.24) is 4.98 Å². The van der Waals surface area contributed by atoms with Crippen LogP contribution in [0.25, 0.3) is 17.0 Å². The Bertz CT molecular complexity index is 901. The molecule has 2 heterocycles. The minimum atomic E-state index is 0.215. The van der Waals surface area contributed by atoms with Crippen molar-refractivity contribution in [2.24, 2.45) is 0 Å². The predicted octanol–water partition coefficient (Wildman–Crippen LogP) is 3.69. The second-order valence-electron chi connectivity index (χ2n) is 5.76. The Labute approximate surface area is 136 Å². The van der Waals surface area contributed by atoms with E-state index in [0.717, 1.165) is 12.1 Å². The fourth-order valence-corrected chi connectivity index (χ4v) is 3.26. The lowest BCUT2D eigenvalue weighted by molar-refractivity contribution is 1.17. The van der Waals surface area contributed by atoms with Gasteiger partial charge >= 0.3 is 6.85 Å². The van der Waals surface area contributed by atoms with Gasteiger partial charge in [0.2, 0.25) is 0 Å². The zero-order valence-electron chi connectivity index (χ0n) is 12.9. The molecule has 0 saturated carbocycles. The van der Waals surface area contributed by atoms with E-state index in [-0.39, 0.29) is 6.85 Å². The number of pyridine rings is 1. The topological polar surface area (TPSA) is 16.1 Å². The van der Waals surface area contributed by atoms with E-state index in [4.69, 9.17) is 0 Å². The number of rotatable bonds is 3. The van der Waals surface area contributed by atoms with Crippen LogP contribution in [0.3, 0.4) is 0 Å². The van der Waals surface area contributed by atoms with Crippen molar-refractivity contribution in [2.75, 3.05) is 11.4 Å². The van der Waals surface area contributed by atoms with Gasteiger partial charge in [-0.1, -0.05) is 60.0 Å². The van der Waals surface area contributed by atoms with Crippen LogP contribution in [0.15, 0.2) is 79.4 Å². The van der Waals surface area contributed by atoms with Gasteiger partial charge in [-0.25, -0.2) is 0 Å². The summed E-state index contributed by atoms with van der Waals surface area (Å²) in [5.41, 5.74) is 4.82. The molecule has 0 saturated heterocycles. The molecule has 0 radical (unpaired) electrons. The van der Waals surface area contributed by atoms with E-state index in [1.54, 1.807) is 0 Å². The first-order chi connectivity index (χ1) is 11.4. The molecule has 4 rings (SSSR count). The molecule has 23 heavy (non-hydrogen) atoms. The van der Waals surface area contributed by atoms with E-state index in [1.807, 2.05) is 18.3 Å². The molecule has 3 heteroatoms. The summed E-state index contributed by atoms with van der Waals surface area (Å²) in [6, 6.07) is 19.1. The smallest absolute Gasteiger partial charge is 0.316 e. The third-order valence-corrected chi connectivity index (χ3v) is 4.33. The molecule has 0 bridgehead atoms. The Morgan fingerprint density at radius 3 is 2.91 bits per heavy atom. The van der Waals surface area contributed by atoms with Gasteiger partial charge < -0.3 is 4.81 Å². The quantitative estimate of drug-likeness (QED) is 0.541. The number of hydrogen-bond acceptors (Lipinski definition) is 2. The van der Waals surface area contributed by atoms with Crippen molar-refractivity contribution >= 4 is 35.0 Å². The van der Waals surface area contributed by atoms with Gasteiger partial charge in [-0.2, -0.15) is 0 Å². The SMILES string of the molecule is C=CCN1B(c2ccc3ncccc3c2)C=Cc2ccccc21. The van der Waals surface area contributed by atoms with Crippen LogP contribution in [0.2, 0.25) is 0 Å².